The number of thiol groups is 2. The first-order valence-corrected chi connectivity index (χ1v) is 19.6. The van der Waals surface area contributed by atoms with Crippen molar-refractivity contribution >= 4 is 99.8 Å². The molecule has 5 heterocycles. The molecular weight excluding hydrogens is 741 g/mol. The predicted octanol–water partition coefficient (Wildman–Crippen LogP) is 3.14. The van der Waals surface area contributed by atoms with Crippen LogP contribution < -0.4 is 10.6 Å². The Hall–Kier alpha value is -1.32. The van der Waals surface area contributed by atoms with Gasteiger partial charge in [-0.15, -0.1) is 0 Å². The number of aliphatic hydroxyl groups is 2. The number of thiazole rings is 1. The number of benzene rings is 1. The maximum absolute atomic E-state index is 13.6. The van der Waals surface area contributed by atoms with Crippen molar-refractivity contribution in [1.82, 2.24) is 24.1 Å². The van der Waals surface area contributed by atoms with Crippen molar-refractivity contribution in [3.8, 4) is 0 Å². The topological polar surface area (TPSA) is 233 Å². The lowest BCUT2D eigenvalue weighted by molar-refractivity contribution is -0.131. The number of hydrogen-bond acceptors (Lipinski definition) is 15. The largest absolute Gasteiger partial charge is 0.389 e. The van der Waals surface area contributed by atoms with Gasteiger partial charge in [-0.3, -0.25) is 22.9 Å². The molecule has 45 heavy (non-hydrogen) atoms. The third-order valence-electron chi connectivity index (χ3n) is 6.87. The van der Waals surface area contributed by atoms with Crippen LogP contribution in [0.25, 0.3) is 21.4 Å². The Morgan fingerprint density at radius 1 is 1.13 bits per heavy atom. The monoisotopic (exact) mass is 762 g/mol. The molecule has 4 aromatic rings. The molecule has 2 saturated heterocycles. The number of halogens is 2. The summed E-state index contributed by atoms with van der Waals surface area (Å²) in [7, 11) is 0. The van der Waals surface area contributed by atoms with Crippen LogP contribution in [0.2, 0.25) is 10.0 Å². The van der Waals surface area contributed by atoms with E-state index < -0.39 is 68.2 Å². The summed E-state index contributed by atoms with van der Waals surface area (Å²) in [5, 5.41) is 22.4. The number of hydrogen-bond donors (Lipinski definition) is 6. The van der Waals surface area contributed by atoms with Crippen molar-refractivity contribution in [2.75, 3.05) is 12.3 Å². The third-order valence-corrected chi connectivity index (χ3v) is 10.9. The van der Waals surface area contributed by atoms with Crippen molar-refractivity contribution in [3.05, 3.63) is 44.5 Å². The van der Waals surface area contributed by atoms with Crippen LogP contribution in [-0.2, 0) is 32.2 Å². The molecule has 9 atom stereocenters. The van der Waals surface area contributed by atoms with Crippen molar-refractivity contribution in [3.63, 3.8) is 0 Å². The molecule has 1 aromatic carbocycles. The minimum Gasteiger partial charge on any atom is -0.388 e. The quantitative estimate of drug-likeness (QED) is 0.106. The molecule has 3 aromatic heterocycles. The van der Waals surface area contributed by atoms with Gasteiger partial charge < -0.3 is 34.9 Å². The average molecular weight is 763 g/mol. The van der Waals surface area contributed by atoms with E-state index in [0.717, 1.165) is 10.9 Å². The second-order valence-electron chi connectivity index (χ2n) is 9.80. The van der Waals surface area contributed by atoms with Gasteiger partial charge in [-0.05, 0) is 12.1 Å². The summed E-state index contributed by atoms with van der Waals surface area (Å²) in [5.74, 6) is -0.00537. The number of aliphatic hydroxyl groups excluding tert-OH is 2. The second kappa shape index (κ2) is 12.6. The van der Waals surface area contributed by atoms with Crippen LogP contribution in [0.3, 0.4) is 0 Å². The molecule has 17 nitrogen and oxygen atoms in total. The first-order chi connectivity index (χ1) is 21.1. The zero-order valence-corrected chi connectivity index (χ0v) is 28.0. The second-order valence-corrected chi connectivity index (χ2v) is 17.2. The van der Waals surface area contributed by atoms with Crippen LogP contribution in [0.4, 0.5) is 5.82 Å². The molecular formula is C21H22Cl2N6O11P2S3. The lowest BCUT2D eigenvalue weighted by atomic mass is 10.1. The van der Waals surface area contributed by atoms with E-state index in [9.17, 15) is 29.0 Å². The molecule has 0 radical (unpaired) electrons. The number of fused-ring (bicyclic) bond motifs is 2. The van der Waals surface area contributed by atoms with Gasteiger partial charge in [0.25, 0.3) is 0 Å². The van der Waals surface area contributed by atoms with Crippen molar-refractivity contribution in [2.24, 2.45) is 0 Å². The molecule has 244 valence electrons. The van der Waals surface area contributed by atoms with Gasteiger partial charge in [0.05, 0.1) is 34.0 Å². The number of ether oxygens (including phenoxy) is 2. The summed E-state index contributed by atoms with van der Waals surface area (Å²) in [6, 6.07) is 3.13. The predicted molar refractivity (Wildman–Crippen MR) is 168 cm³/mol. The minimum atomic E-state index is -4.56. The number of imidazole rings is 1. The van der Waals surface area contributed by atoms with Crippen LogP contribution >= 0.6 is 72.6 Å². The smallest absolute Gasteiger partial charge is 0.388 e. The number of rotatable bonds is 9. The molecule has 0 saturated carbocycles. The number of aromatic nitrogens is 5. The number of nitrogen functional groups attached to an aromatic ring is 1. The molecule has 6 rings (SSSR count). The fourth-order valence-electron chi connectivity index (χ4n) is 4.90. The standard InChI is InChI=1S/C21H22Cl2N6O11P2S3/c22-7-1-9-10(2-8(7)23)28(6-27-9)13-3-11(30)20(38-13)40-42(35,44)39-15-14(31)12(4-36-41(33,34)43)37-19(15)29-18-16(45-21(29)32)17(24)25-5-26-18/h1-2,5-6,11-15,19-20,30-31H,3-4H2,(H,35,44)(H2,24,25,26)(H2,33,34,43)/t11?,12-,13-,14-,15?,19-,20-,42?/m1/s1. The molecule has 2 aliphatic heterocycles. The molecule has 5 N–H and O–H groups in total. The summed E-state index contributed by atoms with van der Waals surface area (Å²) in [6.45, 7) is -9.55. The van der Waals surface area contributed by atoms with E-state index in [0.29, 0.717) is 27.4 Å². The molecule has 0 aliphatic carbocycles. The highest BCUT2D eigenvalue weighted by molar-refractivity contribution is 8.44. The highest BCUT2D eigenvalue weighted by atomic mass is 35.5. The van der Waals surface area contributed by atoms with Crippen LogP contribution in [-0.4, -0.2) is 76.5 Å². The van der Waals surface area contributed by atoms with Gasteiger partial charge >= 0.3 is 18.5 Å². The van der Waals surface area contributed by atoms with Crippen molar-refractivity contribution in [2.45, 2.75) is 49.6 Å². The summed E-state index contributed by atoms with van der Waals surface area (Å²) in [5.41, 5.74) is 6.94. The third kappa shape index (κ3) is 6.83. The highest BCUT2D eigenvalue weighted by Crippen LogP contribution is 2.59. The molecule has 24 heteroatoms. The Balaban J connectivity index is 1.25. The van der Waals surface area contributed by atoms with Gasteiger partial charge in [0, 0.05) is 6.42 Å². The molecule has 0 bridgehead atoms. The zero-order valence-electron chi connectivity index (χ0n) is 22.1. The Kier molecular flexibility index (Phi) is 9.41. The van der Waals surface area contributed by atoms with Gasteiger partial charge in [0.1, 0.15) is 47.5 Å². The summed E-state index contributed by atoms with van der Waals surface area (Å²) < 4.78 is 55.5. The van der Waals surface area contributed by atoms with E-state index in [1.165, 1.54) is 6.33 Å². The van der Waals surface area contributed by atoms with Gasteiger partial charge in [-0.2, -0.15) is 0 Å². The summed E-state index contributed by atoms with van der Waals surface area (Å²) in [4.78, 5) is 34.0. The highest BCUT2D eigenvalue weighted by Gasteiger charge is 2.51. The van der Waals surface area contributed by atoms with E-state index in [1.807, 2.05) is 0 Å². The van der Waals surface area contributed by atoms with Gasteiger partial charge in [-0.1, -0.05) is 59.0 Å². The van der Waals surface area contributed by atoms with E-state index in [-0.39, 0.29) is 27.6 Å². The van der Waals surface area contributed by atoms with Gasteiger partial charge in [0.2, 0.25) is 0 Å². The first kappa shape index (κ1) is 33.6. The number of nitrogens with two attached hydrogens (primary N) is 1. The average Bonchev–Trinajstić information content (AvgIpc) is 3.68. The SMILES string of the molecule is Nc1ncnc2c1sc(=O)n2[C@@H]1O[C@H](COP(=O)(O)S)[C@@H](O)C1OP(=O)(S)O[C@H]1O[C@@H](n2cnc3cc(Cl)c(Cl)cc32)CC1O. The maximum Gasteiger partial charge on any atom is 0.389 e. The van der Waals surface area contributed by atoms with E-state index in [1.54, 1.807) is 16.7 Å². The van der Waals surface area contributed by atoms with Crippen LogP contribution in [0, 0.1) is 0 Å². The van der Waals surface area contributed by atoms with E-state index in [2.05, 4.69) is 39.4 Å². The lowest BCUT2D eigenvalue weighted by Crippen LogP contribution is -2.36. The molecule has 2 fully saturated rings. The van der Waals surface area contributed by atoms with E-state index in [4.69, 9.17) is 52.0 Å². The van der Waals surface area contributed by atoms with Gasteiger partial charge in [0.15, 0.2) is 18.2 Å². The van der Waals surface area contributed by atoms with Crippen LogP contribution in [0.15, 0.2) is 29.6 Å². The number of nitrogens with zero attached hydrogens (tertiary/aromatic N) is 5. The summed E-state index contributed by atoms with van der Waals surface area (Å²) in [6.07, 6.45) is -7.49. The Labute approximate surface area is 276 Å². The fraction of sp³-hybridized carbons (Fsp3) is 0.429. The maximum atomic E-state index is 13.6. The normalized spacial score (nSPS) is 29.8. The lowest BCUT2D eigenvalue weighted by Gasteiger charge is -2.26. The van der Waals surface area contributed by atoms with Gasteiger partial charge in [-0.25, -0.2) is 24.1 Å². The zero-order chi connectivity index (χ0) is 32.4. The summed E-state index contributed by atoms with van der Waals surface area (Å²) >= 11 is 20.4. The van der Waals surface area contributed by atoms with Crippen LogP contribution in [0.1, 0.15) is 18.9 Å². The molecule has 0 spiro atoms. The van der Waals surface area contributed by atoms with Crippen molar-refractivity contribution in [1.29, 1.82) is 0 Å². The Morgan fingerprint density at radius 3 is 2.60 bits per heavy atom. The van der Waals surface area contributed by atoms with E-state index >= 15 is 0 Å². The van der Waals surface area contributed by atoms with Crippen LogP contribution in [0.5, 0.6) is 0 Å². The molecule has 0 amide bonds. The first-order valence-electron chi connectivity index (χ1n) is 12.6. The Morgan fingerprint density at radius 2 is 1.87 bits per heavy atom. The Bertz CT molecular complexity index is 1930. The number of anilines is 1. The van der Waals surface area contributed by atoms with Crippen molar-refractivity contribution < 1.29 is 47.3 Å². The minimum absolute atomic E-state index is 0.00537. The fourth-order valence-corrected chi connectivity index (χ4v) is 8.26. The molecule has 4 unspecified atom stereocenters. The molecule has 2 aliphatic rings.